The molecule has 13 heavy (non-hydrogen) atoms. The summed E-state index contributed by atoms with van der Waals surface area (Å²) in [4.78, 5) is 0. The van der Waals surface area contributed by atoms with Crippen LogP contribution in [-0.4, -0.2) is 11.4 Å². The Morgan fingerprint density at radius 2 is 2.08 bits per heavy atom. The highest BCUT2D eigenvalue weighted by molar-refractivity contribution is 5.56. The maximum absolute atomic E-state index is 12.6. The van der Waals surface area contributed by atoms with Crippen LogP contribution in [0.3, 0.4) is 0 Å². The summed E-state index contributed by atoms with van der Waals surface area (Å²) in [7, 11) is 0. The van der Waals surface area contributed by atoms with Gasteiger partial charge in [-0.2, -0.15) is 0 Å². The van der Waals surface area contributed by atoms with Crippen LogP contribution in [0, 0.1) is 11.6 Å². The molecule has 2 nitrogen and oxygen atoms in total. The fourth-order valence-electron chi connectivity index (χ4n) is 0.984. The van der Waals surface area contributed by atoms with Crippen LogP contribution in [-0.2, 0) is 6.42 Å². The van der Waals surface area contributed by atoms with E-state index in [9.17, 15) is 8.78 Å². The molecule has 0 aliphatic carbocycles. The average Bonchev–Trinajstić information content (AvgIpc) is 2.12. The summed E-state index contributed by atoms with van der Waals surface area (Å²) in [6, 6.07) is 3.73. The zero-order valence-electron chi connectivity index (χ0n) is 6.87. The van der Waals surface area contributed by atoms with E-state index in [4.69, 9.17) is 5.21 Å². The first-order valence-electron chi connectivity index (χ1n) is 3.84. The average molecular weight is 185 g/mol. The lowest BCUT2D eigenvalue weighted by Crippen LogP contribution is -1.90. The largest absolute Gasteiger partial charge is 0.411 e. The van der Waals surface area contributed by atoms with Crippen molar-refractivity contribution < 1.29 is 14.0 Å². The Labute approximate surface area is 74.5 Å². The van der Waals surface area contributed by atoms with Gasteiger partial charge in [0.05, 0.1) is 0 Å². The maximum Gasteiger partial charge on any atom is 0.159 e. The van der Waals surface area contributed by atoms with Crippen molar-refractivity contribution in [3.05, 3.63) is 35.4 Å². The van der Waals surface area contributed by atoms with Gasteiger partial charge in [0.2, 0.25) is 0 Å². The van der Waals surface area contributed by atoms with Crippen molar-refractivity contribution in [2.45, 2.75) is 12.8 Å². The number of aryl methyl sites for hydroxylation is 1. The van der Waals surface area contributed by atoms with Gasteiger partial charge in [-0.15, -0.1) is 5.16 Å². The van der Waals surface area contributed by atoms with Crippen molar-refractivity contribution >= 4 is 6.21 Å². The quantitative estimate of drug-likeness (QED) is 0.437. The van der Waals surface area contributed by atoms with Gasteiger partial charge < -0.3 is 5.21 Å². The van der Waals surface area contributed by atoms with E-state index in [1.807, 2.05) is 0 Å². The first-order valence-corrected chi connectivity index (χ1v) is 3.84. The fourth-order valence-corrected chi connectivity index (χ4v) is 0.984. The molecule has 1 N–H and O–H groups in total. The Bertz CT molecular complexity index is 312. The molecule has 0 fully saturated rings. The van der Waals surface area contributed by atoms with Crippen LogP contribution in [0.5, 0.6) is 0 Å². The molecule has 0 atom stereocenters. The number of oxime groups is 1. The van der Waals surface area contributed by atoms with E-state index in [1.165, 1.54) is 12.3 Å². The van der Waals surface area contributed by atoms with Crippen LogP contribution in [0.2, 0.25) is 0 Å². The van der Waals surface area contributed by atoms with Crippen LogP contribution < -0.4 is 0 Å². The molecule has 70 valence electrons. The molecule has 0 spiro atoms. The van der Waals surface area contributed by atoms with E-state index in [0.717, 1.165) is 12.1 Å². The second-order valence-electron chi connectivity index (χ2n) is 2.59. The molecule has 0 amide bonds. The molecule has 0 aromatic heterocycles. The minimum absolute atomic E-state index is 0.502. The van der Waals surface area contributed by atoms with Gasteiger partial charge in [-0.3, -0.25) is 0 Å². The summed E-state index contributed by atoms with van der Waals surface area (Å²) in [5.41, 5.74) is 0.679. The molecule has 0 aliphatic heterocycles. The van der Waals surface area contributed by atoms with Gasteiger partial charge in [0, 0.05) is 6.21 Å². The van der Waals surface area contributed by atoms with Crippen molar-refractivity contribution in [1.29, 1.82) is 0 Å². The van der Waals surface area contributed by atoms with Crippen molar-refractivity contribution in [3.8, 4) is 0 Å². The molecule has 0 unspecified atom stereocenters. The van der Waals surface area contributed by atoms with Crippen LogP contribution in [0.25, 0.3) is 0 Å². The van der Waals surface area contributed by atoms with Gasteiger partial charge in [-0.1, -0.05) is 6.07 Å². The Morgan fingerprint density at radius 3 is 2.69 bits per heavy atom. The summed E-state index contributed by atoms with van der Waals surface area (Å²) in [6.07, 6.45) is 2.34. The predicted molar refractivity (Wildman–Crippen MR) is 45.0 cm³/mol. The minimum atomic E-state index is -0.849. The van der Waals surface area contributed by atoms with Crippen molar-refractivity contribution in [2.75, 3.05) is 0 Å². The number of halogens is 2. The number of hydrogen-bond acceptors (Lipinski definition) is 2. The van der Waals surface area contributed by atoms with E-state index >= 15 is 0 Å². The second kappa shape index (κ2) is 4.54. The van der Waals surface area contributed by atoms with E-state index in [0.29, 0.717) is 18.4 Å². The van der Waals surface area contributed by atoms with Crippen molar-refractivity contribution in [3.63, 3.8) is 0 Å². The normalized spacial score (nSPS) is 10.9. The zero-order chi connectivity index (χ0) is 9.68. The molecule has 0 aliphatic rings. The summed E-state index contributed by atoms with van der Waals surface area (Å²) < 4.78 is 25.1. The van der Waals surface area contributed by atoms with E-state index in [1.54, 1.807) is 0 Å². The first-order chi connectivity index (χ1) is 6.24. The standard InChI is InChI=1S/C9H9F2NO/c10-8-4-3-7(6-9(8)11)2-1-5-12-13/h3-6,13H,1-2H2. The summed E-state index contributed by atoms with van der Waals surface area (Å²) in [5, 5.41) is 10.9. The molecule has 0 radical (unpaired) electrons. The Balaban J connectivity index is 2.63. The van der Waals surface area contributed by atoms with Gasteiger partial charge in [0.1, 0.15) is 0 Å². The van der Waals surface area contributed by atoms with Crippen molar-refractivity contribution in [2.24, 2.45) is 5.16 Å². The van der Waals surface area contributed by atoms with Gasteiger partial charge in [0.15, 0.2) is 11.6 Å². The summed E-state index contributed by atoms with van der Waals surface area (Å²) in [6.45, 7) is 0. The van der Waals surface area contributed by atoms with E-state index in [2.05, 4.69) is 5.16 Å². The Kier molecular flexibility index (Phi) is 3.37. The molecule has 4 heteroatoms. The lowest BCUT2D eigenvalue weighted by Gasteiger charge is -1.98. The van der Waals surface area contributed by atoms with Crippen LogP contribution in [0.1, 0.15) is 12.0 Å². The highest BCUT2D eigenvalue weighted by Crippen LogP contribution is 2.09. The third kappa shape index (κ3) is 2.82. The van der Waals surface area contributed by atoms with Crippen LogP contribution >= 0.6 is 0 Å². The maximum atomic E-state index is 12.6. The summed E-state index contributed by atoms with van der Waals surface area (Å²) in [5.74, 6) is -1.70. The van der Waals surface area contributed by atoms with Gasteiger partial charge in [0.25, 0.3) is 0 Å². The molecular weight excluding hydrogens is 176 g/mol. The molecule has 1 aromatic carbocycles. The van der Waals surface area contributed by atoms with Gasteiger partial charge in [-0.05, 0) is 30.5 Å². The lowest BCUT2D eigenvalue weighted by atomic mass is 10.1. The molecule has 0 bridgehead atoms. The lowest BCUT2D eigenvalue weighted by molar-refractivity contribution is 0.320. The monoisotopic (exact) mass is 185 g/mol. The van der Waals surface area contributed by atoms with E-state index in [-0.39, 0.29) is 0 Å². The first kappa shape index (κ1) is 9.64. The highest BCUT2D eigenvalue weighted by atomic mass is 19.2. The number of benzene rings is 1. The predicted octanol–water partition coefficient (Wildman–Crippen LogP) is 2.36. The molecule has 0 saturated heterocycles. The van der Waals surface area contributed by atoms with Crippen molar-refractivity contribution in [1.82, 2.24) is 0 Å². The Hall–Kier alpha value is -1.45. The molecule has 1 rings (SSSR count). The minimum Gasteiger partial charge on any atom is -0.411 e. The van der Waals surface area contributed by atoms with Crippen LogP contribution in [0.15, 0.2) is 23.4 Å². The third-order valence-electron chi connectivity index (χ3n) is 1.63. The molecular formula is C9H9F2NO. The number of rotatable bonds is 3. The van der Waals surface area contributed by atoms with Gasteiger partial charge in [-0.25, -0.2) is 8.78 Å². The topological polar surface area (TPSA) is 32.6 Å². The van der Waals surface area contributed by atoms with Crippen LogP contribution in [0.4, 0.5) is 8.78 Å². The summed E-state index contributed by atoms with van der Waals surface area (Å²) >= 11 is 0. The molecule has 0 saturated carbocycles. The third-order valence-corrected chi connectivity index (χ3v) is 1.63. The number of nitrogens with zero attached hydrogens (tertiary/aromatic N) is 1. The fraction of sp³-hybridized carbons (Fsp3) is 0.222. The number of hydrogen-bond donors (Lipinski definition) is 1. The van der Waals surface area contributed by atoms with Gasteiger partial charge >= 0.3 is 0 Å². The Morgan fingerprint density at radius 1 is 1.31 bits per heavy atom. The highest BCUT2D eigenvalue weighted by Gasteiger charge is 2.01. The second-order valence-corrected chi connectivity index (χ2v) is 2.59. The SMILES string of the molecule is ON=CCCc1ccc(F)c(F)c1. The molecule has 0 heterocycles. The zero-order valence-corrected chi connectivity index (χ0v) is 6.87. The molecule has 1 aromatic rings. The van der Waals surface area contributed by atoms with E-state index < -0.39 is 11.6 Å². The smallest absolute Gasteiger partial charge is 0.159 e.